The van der Waals surface area contributed by atoms with Gasteiger partial charge in [-0.2, -0.15) is 0 Å². The van der Waals surface area contributed by atoms with E-state index < -0.39 is 0 Å². The predicted molar refractivity (Wildman–Crippen MR) is 86.9 cm³/mol. The van der Waals surface area contributed by atoms with E-state index in [1.807, 2.05) is 19.1 Å². The highest BCUT2D eigenvalue weighted by atomic mass is 16.5. The summed E-state index contributed by atoms with van der Waals surface area (Å²) < 4.78 is 6.84. The molecule has 0 amide bonds. The van der Waals surface area contributed by atoms with E-state index in [1.165, 1.54) is 0 Å². The number of benzene rings is 1. The van der Waals surface area contributed by atoms with Crippen LogP contribution in [0, 0.1) is 6.92 Å². The topological polar surface area (TPSA) is 85.1 Å². The molecule has 0 saturated heterocycles. The van der Waals surface area contributed by atoms with Crippen LogP contribution in [0.5, 0.6) is 11.6 Å². The van der Waals surface area contributed by atoms with E-state index in [-0.39, 0.29) is 5.75 Å². The van der Waals surface area contributed by atoms with Crippen LogP contribution in [0.25, 0.3) is 11.3 Å². The Hall–Kier alpha value is -3.09. The average Bonchev–Trinajstić information content (AvgIpc) is 2.89. The SMILES string of the molecule is COc1nn(C)cc1Nc1ncc(C)c(-c2ccccc2O)n1. The number of para-hydroxylation sites is 1. The number of aromatic hydroxyl groups is 1. The quantitative estimate of drug-likeness (QED) is 0.770. The molecule has 23 heavy (non-hydrogen) atoms. The van der Waals surface area contributed by atoms with Gasteiger partial charge in [0.05, 0.1) is 19.0 Å². The Kier molecular flexibility index (Phi) is 3.84. The van der Waals surface area contributed by atoms with E-state index in [4.69, 9.17) is 4.74 Å². The first-order valence-electron chi connectivity index (χ1n) is 7.05. The van der Waals surface area contributed by atoms with Gasteiger partial charge in [-0.05, 0) is 24.6 Å². The minimum absolute atomic E-state index is 0.180. The summed E-state index contributed by atoms with van der Waals surface area (Å²) in [5.41, 5.74) is 2.87. The van der Waals surface area contributed by atoms with E-state index in [9.17, 15) is 5.11 Å². The lowest BCUT2D eigenvalue weighted by atomic mass is 10.1. The molecule has 7 heteroatoms. The molecule has 0 spiro atoms. The molecule has 3 rings (SSSR count). The second kappa shape index (κ2) is 5.96. The number of ether oxygens (including phenoxy) is 1. The number of anilines is 2. The Bertz CT molecular complexity index is 844. The standard InChI is InChI=1S/C16H17N5O2/c1-10-8-17-16(18-12-9-21(2)20-15(12)23-3)19-14(10)11-6-4-5-7-13(11)22/h4-9,22H,1-3H3,(H,17,18,19). The van der Waals surface area contributed by atoms with Crippen molar-refractivity contribution in [3.05, 3.63) is 42.2 Å². The van der Waals surface area contributed by atoms with Crippen LogP contribution in [0.3, 0.4) is 0 Å². The first kappa shape index (κ1) is 14.8. The predicted octanol–water partition coefficient (Wildman–Crippen LogP) is 2.64. The highest BCUT2D eigenvalue weighted by Gasteiger charge is 2.13. The van der Waals surface area contributed by atoms with Crippen molar-refractivity contribution in [3.63, 3.8) is 0 Å². The highest BCUT2D eigenvalue weighted by molar-refractivity contribution is 5.70. The van der Waals surface area contributed by atoms with Crippen LogP contribution in [0.4, 0.5) is 11.6 Å². The molecule has 3 aromatic rings. The van der Waals surface area contributed by atoms with Crippen LogP contribution in [-0.4, -0.2) is 32.0 Å². The number of methoxy groups -OCH3 is 1. The molecule has 2 N–H and O–H groups in total. The lowest BCUT2D eigenvalue weighted by Crippen LogP contribution is -2.00. The third-order valence-corrected chi connectivity index (χ3v) is 3.37. The first-order valence-corrected chi connectivity index (χ1v) is 7.05. The van der Waals surface area contributed by atoms with Crippen LogP contribution >= 0.6 is 0 Å². The summed E-state index contributed by atoms with van der Waals surface area (Å²) in [4.78, 5) is 8.79. The molecule has 0 aliphatic heterocycles. The van der Waals surface area contributed by atoms with Crippen molar-refractivity contribution in [1.29, 1.82) is 0 Å². The van der Waals surface area contributed by atoms with Crippen LogP contribution in [0.2, 0.25) is 0 Å². The fourth-order valence-corrected chi connectivity index (χ4v) is 2.27. The Balaban J connectivity index is 1.99. The maximum Gasteiger partial charge on any atom is 0.256 e. The van der Waals surface area contributed by atoms with Gasteiger partial charge in [-0.25, -0.2) is 9.97 Å². The van der Waals surface area contributed by atoms with Crippen molar-refractivity contribution in [3.8, 4) is 22.9 Å². The summed E-state index contributed by atoms with van der Waals surface area (Å²) in [6.07, 6.45) is 3.49. The van der Waals surface area contributed by atoms with E-state index in [0.29, 0.717) is 28.8 Å². The number of hydrogen-bond acceptors (Lipinski definition) is 6. The molecule has 2 heterocycles. The third-order valence-electron chi connectivity index (χ3n) is 3.37. The summed E-state index contributed by atoms with van der Waals surface area (Å²) in [7, 11) is 3.36. The molecule has 0 aliphatic rings. The molecule has 1 aromatic carbocycles. The fraction of sp³-hybridized carbons (Fsp3) is 0.188. The summed E-state index contributed by atoms with van der Waals surface area (Å²) in [5.74, 6) is 1.04. The number of phenols is 1. The first-order chi connectivity index (χ1) is 11.1. The van der Waals surface area contributed by atoms with Gasteiger partial charge < -0.3 is 15.2 Å². The van der Waals surface area contributed by atoms with Crippen molar-refractivity contribution in [1.82, 2.24) is 19.7 Å². The molecule has 118 valence electrons. The minimum atomic E-state index is 0.180. The fourth-order valence-electron chi connectivity index (χ4n) is 2.27. The molecule has 0 saturated carbocycles. The van der Waals surface area contributed by atoms with E-state index in [2.05, 4.69) is 20.4 Å². The van der Waals surface area contributed by atoms with Crippen molar-refractivity contribution in [2.75, 3.05) is 12.4 Å². The maximum atomic E-state index is 10.0. The highest BCUT2D eigenvalue weighted by Crippen LogP contribution is 2.31. The largest absolute Gasteiger partial charge is 0.507 e. The number of nitrogens with one attached hydrogen (secondary N) is 1. The van der Waals surface area contributed by atoms with E-state index in [0.717, 1.165) is 5.56 Å². The van der Waals surface area contributed by atoms with Gasteiger partial charge in [-0.15, -0.1) is 5.10 Å². The van der Waals surface area contributed by atoms with Crippen LogP contribution in [0.15, 0.2) is 36.7 Å². The average molecular weight is 311 g/mol. The molecule has 0 fully saturated rings. The van der Waals surface area contributed by atoms with Crippen molar-refractivity contribution in [2.45, 2.75) is 6.92 Å². The number of nitrogens with zero attached hydrogens (tertiary/aromatic N) is 4. The molecule has 0 bridgehead atoms. The van der Waals surface area contributed by atoms with E-state index >= 15 is 0 Å². The number of aromatic nitrogens is 4. The summed E-state index contributed by atoms with van der Waals surface area (Å²) in [6.45, 7) is 1.90. The Morgan fingerprint density at radius 1 is 1.26 bits per heavy atom. The molecule has 2 aromatic heterocycles. The van der Waals surface area contributed by atoms with Gasteiger partial charge >= 0.3 is 0 Å². The molecule has 0 aliphatic carbocycles. The summed E-state index contributed by atoms with van der Waals surface area (Å²) >= 11 is 0. The smallest absolute Gasteiger partial charge is 0.256 e. The van der Waals surface area contributed by atoms with Gasteiger partial charge in [0.2, 0.25) is 5.95 Å². The molecular formula is C16H17N5O2. The number of rotatable bonds is 4. The number of hydrogen-bond donors (Lipinski definition) is 2. The summed E-state index contributed by atoms with van der Waals surface area (Å²) in [6, 6.07) is 7.08. The third kappa shape index (κ3) is 2.94. The van der Waals surface area contributed by atoms with Crippen molar-refractivity contribution >= 4 is 11.6 Å². The lowest BCUT2D eigenvalue weighted by molar-refractivity contribution is 0.393. The second-order valence-electron chi connectivity index (χ2n) is 5.09. The van der Waals surface area contributed by atoms with Gasteiger partial charge in [-0.3, -0.25) is 4.68 Å². The Morgan fingerprint density at radius 2 is 2.04 bits per heavy atom. The van der Waals surface area contributed by atoms with Crippen LogP contribution < -0.4 is 10.1 Å². The van der Waals surface area contributed by atoms with E-state index in [1.54, 1.807) is 43.4 Å². The molecule has 0 atom stereocenters. The zero-order valence-corrected chi connectivity index (χ0v) is 13.1. The minimum Gasteiger partial charge on any atom is -0.507 e. The number of phenolic OH excluding ortho intramolecular Hbond substituents is 1. The van der Waals surface area contributed by atoms with Crippen LogP contribution in [-0.2, 0) is 7.05 Å². The van der Waals surface area contributed by atoms with Crippen LogP contribution in [0.1, 0.15) is 5.56 Å². The zero-order valence-electron chi connectivity index (χ0n) is 13.1. The number of aryl methyl sites for hydroxylation is 2. The second-order valence-corrected chi connectivity index (χ2v) is 5.09. The monoisotopic (exact) mass is 311 g/mol. The van der Waals surface area contributed by atoms with Gasteiger partial charge in [0.1, 0.15) is 11.4 Å². The van der Waals surface area contributed by atoms with Gasteiger partial charge in [-0.1, -0.05) is 12.1 Å². The van der Waals surface area contributed by atoms with Gasteiger partial charge in [0.15, 0.2) is 0 Å². The molecule has 0 unspecified atom stereocenters. The van der Waals surface area contributed by atoms with Gasteiger partial charge in [0, 0.05) is 18.8 Å². The zero-order chi connectivity index (χ0) is 16.4. The molecule has 7 nitrogen and oxygen atoms in total. The maximum absolute atomic E-state index is 10.0. The van der Waals surface area contributed by atoms with Crippen molar-refractivity contribution in [2.24, 2.45) is 7.05 Å². The van der Waals surface area contributed by atoms with Crippen molar-refractivity contribution < 1.29 is 9.84 Å². The summed E-state index contributed by atoms with van der Waals surface area (Å²) in [5, 5.41) is 17.3. The molecular weight excluding hydrogens is 294 g/mol. The Labute approximate surface area is 133 Å². The lowest BCUT2D eigenvalue weighted by Gasteiger charge is -2.10. The van der Waals surface area contributed by atoms with Gasteiger partial charge in [0.25, 0.3) is 5.88 Å². The molecule has 0 radical (unpaired) electrons. The normalized spacial score (nSPS) is 10.6. The Morgan fingerprint density at radius 3 is 2.78 bits per heavy atom.